The maximum absolute atomic E-state index is 13.1. The van der Waals surface area contributed by atoms with Crippen LogP contribution >= 0.6 is 11.3 Å². The second-order valence-corrected chi connectivity index (χ2v) is 7.57. The van der Waals surface area contributed by atoms with Gasteiger partial charge in [-0.2, -0.15) is 0 Å². The van der Waals surface area contributed by atoms with Crippen molar-refractivity contribution < 1.29 is 23.5 Å². The van der Waals surface area contributed by atoms with E-state index in [1.54, 1.807) is 0 Å². The second-order valence-electron chi connectivity index (χ2n) is 6.46. The number of hydrogen-bond acceptors (Lipinski definition) is 5. The Hall–Kier alpha value is -2.74. The van der Waals surface area contributed by atoms with Crippen molar-refractivity contribution in [3.05, 3.63) is 51.7 Å². The number of carbonyl (C=O) groups is 3. The predicted octanol–water partition coefficient (Wildman–Crippen LogP) is 3.76. The standard InChI is InChI=1S/C19H19FN2O4S/c1-10-3-8-13-14(9-10)27-18(15(13)17(24)22-19(25)26-2)21-16(23)11-4-6-12(20)7-5-11/h4-7,10H,3,8-9H2,1-2H3,(H,21,23)(H,22,24,25)/t10-/m1/s1. The van der Waals surface area contributed by atoms with E-state index in [1.165, 1.54) is 42.7 Å². The summed E-state index contributed by atoms with van der Waals surface area (Å²) in [5.41, 5.74) is 1.42. The van der Waals surface area contributed by atoms with Gasteiger partial charge >= 0.3 is 6.09 Å². The highest BCUT2D eigenvalue weighted by atomic mass is 32.1. The van der Waals surface area contributed by atoms with Crippen molar-refractivity contribution in [3.63, 3.8) is 0 Å². The number of hydrogen-bond donors (Lipinski definition) is 2. The van der Waals surface area contributed by atoms with Crippen molar-refractivity contribution >= 4 is 34.2 Å². The summed E-state index contributed by atoms with van der Waals surface area (Å²) in [4.78, 5) is 37.6. The highest BCUT2D eigenvalue weighted by Gasteiger charge is 2.29. The van der Waals surface area contributed by atoms with Gasteiger partial charge in [0.2, 0.25) is 0 Å². The Morgan fingerprint density at radius 1 is 1.19 bits per heavy atom. The van der Waals surface area contributed by atoms with Gasteiger partial charge in [-0.15, -0.1) is 11.3 Å². The van der Waals surface area contributed by atoms with Crippen LogP contribution in [0.15, 0.2) is 24.3 Å². The molecule has 0 spiro atoms. The van der Waals surface area contributed by atoms with Gasteiger partial charge in [0.25, 0.3) is 11.8 Å². The second kappa shape index (κ2) is 7.87. The molecule has 1 aliphatic rings. The first-order chi connectivity index (χ1) is 12.9. The van der Waals surface area contributed by atoms with E-state index in [4.69, 9.17) is 0 Å². The van der Waals surface area contributed by atoms with Gasteiger partial charge in [-0.3, -0.25) is 14.9 Å². The van der Waals surface area contributed by atoms with E-state index >= 15 is 0 Å². The smallest absolute Gasteiger partial charge is 0.413 e. The van der Waals surface area contributed by atoms with Crippen LogP contribution < -0.4 is 10.6 Å². The van der Waals surface area contributed by atoms with Crippen LogP contribution in [-0.4, -0.2) is 25.0 Å². The molecular weight excluding hydrogens is 371 g/mol. The Bertz CT molecular complexity index is 892. The van der Waals surface area contributed by atoms with Gasteiger partial charge in [0.05, 0.1) is 12.7 Å². The number of methoxy groups -OCH3 is 1. The molecule has 3 amide bonds. The fraction of sp³-hybridized carbons (Fsp3) is 0.316. The van der Waals surface area contributed by atoms with E-state index in [0.717, 1.165) is 23.3 Å². The zero-order valence-electron chi connectivity index (χ0n) is 14.9. The predicted molar refractivity (Wildman–Crippen MR) is 99.7 cm³/mol. The van der Waals surface area contributed by atoms with Crippen LogP contribution in [0.2, 0.25) is 0 Å². The van der Waals surface area contributed by atoms with Crippen LogP contribution in [0.4, 0.5) is 14.2 Å². The highest BCUT2D eigenvalue weighted by molar-refractivity contribution is 7.17. The number of ether oxygens (including phenoxy) is 1. The lowest BCUT2D eigenvalue weighted by molar-refractivity contribution is 0.0937. The van der Waals surface area contributed by atoms with Crippen molar-refractivity contribution in [1.29, 1.82) is 0 Å². The maximum atomic E-state index is 13.1. The van der Waals surface area contributed by atoms with Crippen molar-refractivity contribution in [2.24, 2.45) is 5.92 Å². The molecule has 142 valence electrons. The van der Waals surface area contributed by atoms with Crippen LogP contribution in [-0.2, 0) is 17.6 Å². The number of imide groups is 1. The molecule has 0 unspecified atom stereocenters. The van der Waals surface area contributed by atoms with E-state index < -0.39 is 23.7 Å². The van der Waals surface area contributed by atoms with Gasteiger partial charge in [-0.05, 0) is 55.0 Å². The molecule has 2 N–H and O–H groups in total. The van der Waals surface area contributed by atoms with Gasteiger partial charge in [-0.25, -0.2) is 9.18 Å². The van der Waals surface area contributed by atoms with Crippen LogP contribution in [0.25, 0.3) is 0 Å². The molecule has 3 rings (SSSR count). The summed E-state index contributed by atoms with van der Waals surface area (Å²) in [5, 5.41) is 5.27. The van der Waals surface area contributed by atoms with Crippen LogP contribution in [0.1, 0.15) is 44.5 Å². The number of fused-ring (bicyclic) bond motifs is 1. The number of rotatable bonds is 3. The average Bonchev–Trinajstić information content (AvgIpc) is 2.98. The summed E-state index contributed by atoms with van der Waals surface area (Å²) >= 11 is 1.34. The molecule has 1 atom stereocenters. The minimum absolute atomic E-state index is 0.274. The molecule has 1 aromatic carbocycles. The topological polar surface area (TPSA) is 84.5 Å². The van der Waals surface area contributed by atoms with E-state index in [-0.39, 0.29) is 5.56 Å². The summed E-state index contributed by atoms with van der Waals surface area (Å²) in [6.45, 7) is 2.13. The molecule has 0 saturated heterocycles. The molecule has 0 bridgehead atoms. The molecule has 0 radical (unpaired) electrons. The monoisotopic (exact) mass is 390 g/mol. The summed E-state index contributed by atoms with van der Waals surface area (Å²) in [6.07, 6.45) is 1.57. The van der Waals surface area contributed by atoms with Crippen LogP contribution in [0, 0.1) is 11.7 Å². The number of halogens is 1. The fourth-order valence-corrected chi connectivity index (χ4v) is 4.47. The number of thiophene rings is 1. The maximum Gasteiger partial charge on any atom is 0.413 e. The summed E-state index contributed by atoms with van der Waals surface area (Å²) in [5.74, 6) is -1.02. The third kappa shape index (κ3) is 4.16. The molecule has 1 heterocycles. The quantitative estimate of drug-likeness (QED) is 0.836. The SMILES string of the molecule is COC(=O)NC(=O)c1c(NC(=O)c2ccc(F)cc2)sc2c1CC[C@@H](C)C2. The van der Waals surface area contributed by atoms with E-state index in [1.807, 2.05) is 0 Å². The number of nitrogens with one attached hydrogen (secondary N) is 2. The molecule has 1 aromatic heterocycles. The molecule has 1 aliphatic carbocycles. The number of anilines is 1. The molecule has 8 heteroatoms. The fourth-order valence-electron chi connectivity index (χ4n) is 3.06. The van der Waals surface area contributed by atoms with Crippen molar-refractivity contribution in [2.45, 2.75) is 26.2 Å². The van der Waals surface area contributed by atoms with Crippen LogP contribution in [0.3, 0.4) is 0 Å². The highest BCUT2D eigenvalue weighted by Crippen LogP contribution is 2.39. The average molecular weight is 390 g/mol. The van der Waals surface area contributed by atoms with Crippen molar-refractivity contribution in [2.75, 3.05) is 12.4 Å². The Labute approximate surface area is 159 Å². The number of amides is 3. The van der Waals surface area contributed by atoms with Gasteiger partial charge in [0.1, 0.15) is 10.8 Å². The van der Waals surface area contributed by atoms with Crippen molar-refractivity contribution in [1.82, 2.24) is 5.32 Å². The first kappa shape index (κ1) is 19.0. The normalized spacial score (nSPS) is 15.6. The Morgan fingerprint density at radius 3 is 2.56 bits per heavy atom. The third-order valence-corrected chi connectivity index (χ3v) is 5.64. The van der Waals surface area contributed by atoms with Crippen molar-refractivity contribution in [3.8, 4) is 0 Å². The van der Waals surface area contributed by atoms with Gasteiger partial charge in [0, 0.05) is 10.4 Å². The third-order valence-electron chi connectivity index (χ3n) is 4.47. The van der Waals surface area contributed by atoms with E-state index in [0.29, 0.717) is 22.9 Å². The Morgan fingerprint density at radius 2 is 1.89 bits per heavy atom. The molecule has 27 heavy (non-hydrogen) atoms. The minimum Gasteiger partial charge on any atom is -0.453 e. The zero-order chi connectivity index (χ0) is 19.6. The van der Waals surface area contributed by atoms with E-state index in [2.05, 4.69) is 22.3 Å². The molecule has 6 nitrogen and oxygen atoms in total. The van der Waals surface area contributed by atoms with Gasteiger partial charge < -0.3 is 10.1 Å². The number of alkyl carbamates (subject to hydrolysis) is 1. The first-order valence-electron chi connectivity index (χ1n) is 8.49. The molecule has 0 fully saturated rings. The molecule has 2 aromatic rings. The van der Waals surface area contributed by atoms with Gasteiger partial charge in [-0.1, -0.05) is 6.92 Å². The molecule has 0 saturated carbocycles. The first-order valence-corrected chi connectivity index (χ1v) is 9.31. The lowest BCUT2D eigenvalue weighted by atomic mass is 9.88. The molecular formula is C19H19FN2O4S. The largest absolute Gasteiger partial charge is 0.453 e. The zero-order valence-corrected chi connectivity index (χ0v) is 15.7. The minimum atomic E-state index is -0.861. The Kier molecular flexibility index (Phi) is 5.55. The van der Waals surface area contributed by atoms with Crippen LogP contribution in [0.5, 0.6) is 0 Å². The lowest BCUT2D eigenvalue weighted by Crippen LogP contribution is -2.31. The molecule has 0 aliphatic heterocycles. The summed E-state index contributed by atoms with van der Waals surface area (Å²) in [7, 11) is 1.17. The lowest BCUT2D eigenvalue weighted by Gasteiger charge is -2.18. The van der Waals surface area contributed by atoms with Gasteiger partial charge in [0.15, 0.2) is 0 Å². The Balaban J connectivity index is 1.93. The number of carbonyl (C=O) groups excluding carboxylic acids is 3. The summed E-state index contributed by atoms with van der Waals surface area (Å²) < 4.78 is 17.6. The van der Waals surface area contributed by atoms with E-state index in [9.17, 15) is 18.8 Å². The summed E-state index contributed by atoms with van der Waals surface area (Å²) in [6, 6.07) is 5.13. The number of benzene rings is 1.